The van der Waals surface area contributed by atoms with Crippen LogP contribution in [0.1, 0.15) is 25.0 Å². The second-order valence-corrected chi connectivity index (χ2v) is 7.75. The summed E-state index contributed by atoms with van der Waals surface area (Å²) in [6.45, 7) is 10.5. The van der Waals surface area contributed by atoms with Gasteiger partial charge in [-0.2, -0.15) is 0 Å². The van der Waals surface area contributed by atoms with Crippen LogP contribution in [0.3, 0.4) is 0 Å². The van der Waals surface area contributed by atoms with E-state index in [2.05, 4.69) is 68.2 Å². The molecular formula is C21H32N6O. The third-order valence-electron chi connectivity index (χ3n) is 5.15. The van der Waals surface area contributed by atoms with Crippen molar-refractivity contribution < 1.29 is 4.74 Å². The number of guanidine groups is 1. The molecule has 0 unspecified atom stereocenters. The van der Waals surface area contributed by atoms with Crippen LogP contribution in [0.5, 0.6) is 0 Å². The Balaban J connectivity index is 1.50. The second kappa shape index (κ2) is 9.71. The first kappa shape index (κ1) is 20.4. The number of hydrogen-bond acceptors (Lipinski definition) is 4. The summed E-state index contributed by atoms with van der Waals surface area (Å²) in [5.74, 6) is 0.821. The van der Waals surface area contributed by atoms with E-state index >= 15 is 0 Å². The molecule has 0 amide bonds. The average Bonchev–Trinajstić information content (AvgIpc) is 3.22. The highest BCUT2D eigenvalue weighted by molar-refractivity contribution is 5.79. The molecule has 0 bridgehead atoms. The number of aliphatic imine (C=N–C) groups is 1. The summed E-state index contributed by atoms with van der Waals surface area (Å²) in [6.07, 6.45) is 5.62. The quantitative estimate of drug-likeness (QED) is 0.562. The maximum Gasteiger partial charge on any atom is 0.191 e. The minimum Gasteiger partial charge on any atom is -0.379 e. The van der Waals surface area contributed by atoms with Gasteiger partial charge < -0.3 is 19.9 Å². The van der Waals surface area contributed by atoms with E-state index < -0.39 is 0 Å². The summed E-state index contributed by atoms with van der Waals surface area (Å²) >= 11 is 0. The van der Waals surface area contributed by atoms with Crippen molar-refractivity contribution in [2.45, 2.75) is 32.5 Å². The van der Waals surface area contributed by atoms with Gasteiger partial charge in [-0.15, -0.1) is 0 Å². The van der Waals surface area contributed by atoms with Gasteiger partial charge in [0.05, 0.1) is 19.5 Å². The molecule has 1 aliphatic heterocycles. The molecule has 7 nitrogen and oxygen atoms in total. The SMILES string of the molecule is CN=C(NCc1cccc(Cn2ccnc2)c1)NCC(C)(C)N1CCOCC1. The number of rotatable bonds is 7. The van der Waals surface area contributed by atoms with Gasteiger partial charge in [-0.05, 0) is 25.0 Å². The van der Waals surface area contributed by atoms with Crippen molar-refractivity contribution in [3.05, 3.63) is 54.1 Å². The Morgan fingerprint density at radius 2 is 2.00 bits per heavy atom. The third-order valence-corrected chi connectivity index (χ3v) is 5.15. The molecule has 0 radical (unpaired) electrons. The molecule has 0 spiro atoms. The Morgan fingerprint density at radius 1 is 1.21 bits per heavy atom. The first-order valence-electron chi connectivity index (χ1n) is 9.88. The fourth-order valence-corrected chi connectivity index (χ4v) is 3.42. The third kappa shape index (κ3) is 5.81. The zero-order valence-electron chi connectivity index (χ0n) is 17.2. The summed E-state index contributed by atoms with van der Waals surface area (Å²) in [4.78, 5) is 10.9. The van der Waals surface area contributed by atoms with Gasteiger partial charge in [0, 0.05) is 57.7 Å². The van der Waals surface area contributed by atoms with E-state index in [4.69, 9.17) is 4.74 Å². The van der Waals surface area contributed by atoms with Crippen molar-refractivity contribution in [3.63, 3.8) is 0 Å². The molecule has 2 N–H and O–H groups in total. The van der Waals surface area contributed by atoms with Crippen molar-refractivity contribution in [1.29, 1.82) is 0 Å². The molecule has 2 aromatic rings. The van der Waals surface area contributed by atoms with E-state index in [1.165, 1.54) is 11.1 Å². The highest BCUT2D eigenvalue weighted by atomic mass is 16.5. The number of nitrogens with one attached hydrogen (secondary N) is 2. The van der Waals surface area contributed by atoms with Gasteiger partial charge in [-0.25, -0.2) is 4.98 Å². The molecule has 0 aliphatic carbocycles. The lowest BCUT2D eigenvalue weighted by Gasteiger charge is -2.41. The lowest BCUT2D eigenvalue weighted by molar-refractivity contribution is -0.00834. The topological polar surface area (TPSA) is 66.7 Å². The number of morpholine rings is 1. The predicted molar refractivity (Wildman–Crippen MR) is 112 cm³/mol. The van der Waals surface area contributed by atoms with Gasteiger partial charge in [-0.3, -0.25) is 9.89 Å². The summed E-state index contributed by atoms with van der Waals surface area (Å²) in [7, 11) is 1.81. The molecule has 0 saturated carbocycles. The molecular weight excluding hydrogens is 352 g/mol. The smallest absolute Gasteiger partial charge is 0.191 e. The van der Waals surface area contributed by atoms with Crippen LogP contribution in [0.15, 0.2) is 48.0 Å². The van der Waals surface area contributed by atoms with E-state index in [1.54, 1.807) is 6.20 Å². The highest BCUT2D eigenvalue weighted by Gasteiger charge is 2.28. The Labute approximate surface area is 167 Å². The number of hydrogen-bond donors (Lipinski definition) is 2. The van der Waals surface area contributed by atoms with Crippen LogP contribution in [0.25, 0.3) is 0 Å². The molecule has 1 fully saturated rings. The van der Waals surface area contributed by atoms with Crippen LogP contribution < -0.4 is 10.6 Å². The molecule has 2 heterocycles. The first-order valence-corrected chi connectivity index (χ1v) is 9.88. The summed E-state index contributed by atoms with van der Waals surface area (Å²) in [6, 6.07) is 8.59. The molecule has 1 aliphatic rings. The van der Waals surface area contributed by atoms with Gasteiger partial charge in [-0.1, -0.05) is 24.3 Å². The zero-order valence-corrected chi connectivity index (χ0v) is 17.2. The number of benzene rings is 1. The lowest BCUT2D eigenvalue weighted by atomic mass is 10.0. The van der Waals surface area contributed by atoms with Crippen LogP contribution in [0.4, 0.5) is 0 Å². The Kier molecular flexibility index (Phi) is 7.06. The Hall–Kier alpha value is -2.38. The standard InChI is InChI=1S/C21H32N6O/c1-21(2,27-9-11-28-12-10-27)16-25-20(22-3)24-14-18-5-4-6-19(13-18)15-26-8-7-23-17-26/h4-8,13,17H,9-12,14-16H2,1-3H3,(H2,22,24,25). The zero-order chi connectivity index (χ0) is 19.8. The summed E-state index contributed by atoms with van der Waals surface area (Å²) in [5, 5.41) is 6.90. The second-order valence-electron chi connectivity index (χ2n) is 7.75. The monoisotopic (exact) mass is 384 g/mol. The number of ether oxygens (including phenoxy) is 1. The van der Waals surface area contributed by atoms with E-state index in [9.17, 15) is 0 Å². The van der Waals surface area contributed by atoms with Gasteiger partial charge >= 0.3 is 0 Å². The number of aromatic nitrogens is 2. The fraction of sp³-hybridized carbons (Fsp3) is 0.524. The van der Waals surface area contributed by atoms with E-state index in [0.29, 0.717) is 0 Å². The van der Waals surface area contributed by atoms with Crippen molar-refractivity contribution in [1.82, 2.24) is 25.1 Å². The van der Waals surface area contributed by atoms with Crippen LogP contribution >= 0.6 is 0 Å². The summed E-state index contributed by atoms with van der Waals surface area (Å²) in [5.41, 5.74) is 2.54. The van der Waals surface area contributed by atoms with Crippen LogP contribution in [-0.2, 0) is 17.8 Å². The molecule has 1 aromatic carbocycles. The van der Waals surface area contributed by atoms with Gasteiger partial charge in [0.25, 0.3) is 0 Å². The molecule has 0 atom stereocenters. The van der Waals surface area contributed by atoms with Crippen molar-refractivity contribution in [3.8, 4) is 0 Å². The van der Waals surface area contributed by atoms with Crippen molar-refractivity contribution >= 4 is 5.96 Å². The Morgan fingerprint density at radius 3 is 2.71 bits per heavy atom. The van der Waals surface area contributed by atoms with Crippen molar-refractivity contribution in [2.24, 2.45) is 4.99 Å². The molecule has 1 saturated heterocycles. The van der Waals surface area contributed by atoms with E-state index in [-0.39, 0.29) is 5.54 Å². The predicted octanol–water partition coefficient (Wildman–Crippen LogP) is 1.71. The molecule has 3 rings (SSSR count). The number of nitrogens with zero attached hydrogens (tertiary/aromatic N) is 4. The fourth-order valence-electron chi connectivity index (χ4n) is 3.42. The maximum absolute atomic E-state index is 5.47. The van der Waals surface area contributed by atoms with Crippen LogP contribution in [-0.4, -0.2) is 65.8 Å². The largest absolute Gasteiger partial charge is 0.379 e. The minimum absolute atomic E-state index is 0.0477. The minimum atomic E-state index is 0.0477. The normalized spacial score (nSPS) is 16.2. The highest BCUT2D eigenvalue weighted by Crippen LogP contribution is 2.15. The van der Waals surface area contributed by atoms with Crippen LogP contribution in [0.2, 0.25) is 0 Å². The van der Waals surface area contributed by atoms with Gasteiger partial charge in [0.1, 0.15) is 0 Å². The van der Waals surface area contributed by atoms with E-state index in [0.717, 1.165) is 51.9 Å². The maximum atomic E-state index is 5.47. The van der Waals surface area contributed by atoms with Gasteiger partial charge in [0.2, 0.25) is 0 Å². The average molecular weight is 385 g/mol. The first-order chi connectivity index (χ1) is 13.6. The molecule has 7 heteroatoms. The summed E-state index contributed by atoms with van der Waals surface area (Å²) < 4.78 is 7.54. The Bertz CT molecular complexity index is 750. The van der Waals surface area contributed by atoms with Gasteiger partial charge in [0.15, 0.2) is 5.96 Å². The van der Waals surface area contributed by atoms with Crippen molar-refractivity contribution in [2.75, 3.05) is 39.9 Å². The molecule has 28 heavy (non-hydrogen) atoms. The lowest BCUT2D eigenvalue weighted by Crippen LogP contribution is -2.56. The molecule has 152 valence electrons. The number of imidazole rings is 1. The molecule has 1 aromatic heterocycles. The van der Waals surface area contributed by atoms with E-state index in [1.807, 2.05) is 19.6 Å². The van der Waals surface area contributed by atoms with Crippen LogP contribution in [0, 0.1) is 0 Å².